The summed E-state index contributed by atoms with van der Waals surface area (Å²) in [6.07, 6.45) is 1.04. The van der Waals surface area contributed by atoms with Gasteiger partial charge in [-0.2, -0.15) is 0 Å². The fraction of sp³-hybridized carbons (Fsp3) is 0.625. The molecule has 0 aliphatic carbocycles. The summed E-state index contributed by atoms with van der Waals surface area (Å²) in [7, 11) is 1.97. The molecule has 0 aromatic heterocycles. The highest BCUT2D eigenvalue weighted by molar-refractivity contribution is 5.19. The molecule has 19 heavy (non-hydrogen) atoms. The summed E-state index contributed by atoms with van der Waals surface area (Å²) >= 11 is 0. The average Bonchev–Trinajstić information content (AvgIpc) is 2.39. The molecule has 3 heteroatoms. The molecule has 1 atom stereocenters. The van der Waals surface area contributed by atoms with E-state index < -0.39 is 0 Å². The van der Waals surface area contributed by atoms with E-state index in [9.17, 15) is 4.39 Å². The fourth-order valence-corrected chi connectivity index (χ4v) is 2.38. The summed E-state index contributed by atoms with van der Waals surface area (Å²) in [5.41, 5.74) is 1.16. The zero-order valence-corrected chi connectivity index (χ0v) is 12.6. The van der Waals surface area contributed by atoms with Crippen LogP contribution >= 0.6 is 0 Å². The molecule has 1 aromatic carbocycles. The van der Waals surface area contributed by atoms with Crippen LogP contribution in [-0.4, -0.2) is 31.6 Å². The van der Waals surface area contributed by atoms with Gasteiger partial charge in [-0.25, -0.2) is 4.39 Å². The van der Waals surface area contributed by atoms with Crippen LogP contribution in [0.15, 0.2) is 24.3 Å². The van der Waals surface area contributed by atoms with Crippen molar-refractivity contribution in [2.75, 3.05) is 26.7 Å². The molecule has 0 bridgehead atoms. The topological polar surface area (TPSA) is 15.3 Å². The Labute approximate surface area is 117 Å². The predicted molar refractivity (Wildman–Crippen MR) is 79.8 cm³/mol. The second kappa shape index (κ2) is 8.28. The first-order valence-corrected chi connectivity index (χ1v) is 7.21. The minimum atomic E-state index is -0.173. The molecule has 0 aliphatic rings. The lowest BCUT2D eigenvalue weighted by molar-refractivity contribution is 0.243. The van der Waals surface area contributed by atoms with Crippen molar-refractivity contribution >= 4 is 0 Å². The fourth-order valence-electron chi connectivity index (χ4n) is 2.38. The van der Waals surface area contributed by atoms with Crippen LogP contribution in [0.3, 0.4) is 0 Å². The van der Waals surface area contributed by atoms with Crippen molar-refractivity contribution in [2.24, 2.45) is 5.92 Å². The molecule has 108 valence electrons. The van der Waals surface area contributed by atoms with Crippen molar-refractivity contribution in [3.05, 3.63) is 35.6 Å². The summed E-state index contributed by atoms with van der Waals surface area (Å²) < 4.78 is 12.9. The third-order valence-electron chi connectivity index (χ3n) is 3.43. The summed E-state index contributed by atoms with van der Waals surface area (Å²) in [5.74, 6) is 0.521. The van der Waals surface area contributed by atoms with Gasteiger partial charge in [-0.3, -0.25) is 0 Å². The molecule has 0 fully saturated rings. The molecule has 1 N–H and O–H groups in total. The molecule has 0 amide bonds. The third-order valence-corrected chi connectivity index (χ3v) is 3.43. The van der Waals surface area contributed by atoms with E-state index in [2.05, 4.69) is 31.0 Å². The largest absolute Gasteiger partial charge is 0.313 e. The normalized spacial score (nSPS) is 13.2. The number of benzene rings is 1. The van der Waals surface area contributed by atoms with E-state index in [0.717, 1.165) is 31.6 Å². The minimum absolute atomic E-state index is 0.173. The number of nitrogens with zero attached hydrogens (tertiary/aromatic N) is 1. The zero-order chi connectivity index (χ0) is 14.3. The van der Waals surface area contributed by atoms with Crippen LogP contribution in [0.25, 0.3) is 0 Å². The Morgan fingerprint density at radius 3 is 2.32 bits per heavy atom. The molecular weight excluding hydrogens is 239 g/mol. The van der Waals surface area contributed by atoms with Crippen LogP contribution in [-0.2, 0) is 0 Å². The molecule has 1 aromatic rings. The van der Waals surface area contributed by atoms with Gasteiger partial charge in [0.15, 0.2) is 0 Å². The van der Waals surface area contributed by atoms with E-state index in [-0.39, 0.29) is 5.82 Å². The van der Waals surface area contributed by atoms with Gasteiger partial charge in [-0.1, -0.05) is 32.9 Å². The number of hydrogen-bond donors (Lipinski definition) is 1. The zero-order valence-electron chi connectivity index (χ0n) is 12.6. The first-order valence-electron chi connectivity index (χ1n) is 7.21. The van der Waals surface area contributed by atoms with Crippen molar-refractivity contribution in [1.82, 2.24) is 10.2 Å². The maximum absolute atomic E-state index is 12.9. The highest BCUT2D eigenvalue weighted by Gasteiger charge is 2.12. The Kier molecular flexibility index (Phi) is 7.03. The van der Waals surface area contributed by atoms with Gasteiger partial charge in [0.25, 0.3) is 0 Å². The first kappa shape index (κ1) is 16.1. The van der Waals surface area contributed by atoms with Gasteiger partial charge >= 0.3 is 0 Å². The molecule has 0 aliphatic heterocycles. The van der Waals surface area contributed by atoms with E-state index in [1.165, 1.54) is 12.1 Å². The summed E-state index contributed by atoms with van der Waals surface area (Å²) in [6.45, 7) is 9.98. The molecular formula is C16H27FN2. The minimum Gasteiger partial charge on any atom is -0.313 e. The first-order chi connectivity index (χ1) is 9.06. The van der Waals surface area contributed by atoms with Gasteiger partial charge in [0.2, 0.25) is 0 Å². The van der Waals surface area contributed by atoms with Crippen LogP contribution in [0.5, 0.6) is 0 Å². The maximum Gasteiger partial charge on any atom is 0.123 e. The second-order valence-electron chi connectivity index (χ2n) is 5.47. The summed E-state index contributed by atoms with van der Waals surface area (Å²) in [6, 6.07) is 7.10. The third kappa shape index (κ3) is 5.70. The van der Waals surface area contributed by atoms with E-state index >= 15 is 0 Å². The summed E-state index contributed by atoms with van der Waals surface area (Å²) in [4.78, 5) is 2.47. The molecule has 2 nitrogen and oxygen atoms in total. The molecule has 0 radical (unpaired) electrons. The highest BCUT2D eigenvalue weighted by Crippen LogP contribution is 2.17. The van der Waals surface area contributed by atoms with E-state index in [4.69, 9.17) is 0 Å². The Hall–Kier alpha value is -0.930. The van der Waals surface area contributed by atoms with Gasteiger partial charge < -0.3 is 10.2 Å². The monoisotopic (exact) mass is 266 g/mol. The average molecular weight is 266 g/mol. The number of nitrogens with one attached hydrogen (secondary N) is 1. The van der Waals surface area contributed by atoms with E-state index in [1.807, 2.05) is 19.2 Å². The van der Waals surface area contributed by atoms with Crippen LogP contribution in [0.4, 0.5) is 4.39 Å². The standard InChI is InChI=1S/C16H27FN2/c1-5-19(12-13(2)3)11-10-16(18-4)14-6-8-15(17)9-7-14/h6-9,13,16,18H,5,10-12H2,1-4H3. The molecule has 0 saturated carbocycles. The number of hydrogen-bond acceptors (Lipinski definition) is 2. The molecule has 0 saturated heterocycles. The smallest absolute Gasteiger partial charge is 0.123 e. The van der Waals surface area contributed by atoms with Crippen LogP contribution < -0.4 is 5.32 Å². The number of rotatable bonds is 8. The van der Waals surface area contributed by atoms with E-state index in [1.54, 1.807) is 0 Å². The van der Waals surface area contributed by atoms with Crippen molar-refractivity contribution in [3.63, 3.8) is 0 Å². The van der Waals surface area contributed by atoms with Gasteiger partial charge in [0, 0.05) is 12.6 Å². The lowest BCUT2D eigenvalue weighted by Crippen LogP contribution is -2.31. The molecule has 0 heterocycles. The summed E-state index contributed by atoms with van der Waals surface area (Å²) in [5, 5.41) is 3.32. The van der Waals surface area contributed by atoms with Crippen LogP contribution in [0, 0.1) is 11.7 Å². The van der Waals surface area contributed by atoms with Crippen molar-refractivity contribution in [1.29, 1.82) is 0 Å². The Balaban J connectivity index is 2.54. The van der Waals surface area contributed by atoms with Crippen molar-refractivity contribution in [3.8, 4) is 0 Å². The maximum atomic E-state index is 12.9. The molecule has 1 rings (SSSR count). The van der Waals surface area contributed by atoms with Gasteiger partial charge in [0.1, 0.15) is 5.82 Å². The van der Waals surface area contributed by atoms with Crippen molar-refractivity contribution < 1.29 is 4.39 Å². The van der Waals surface area contributed by atoms with E-state index in [0.29, 0.717) is 12.0 Å². The Morgan fingerprint density at radius 1 is 1.21 bits per heavy atom. The van der Waals surface area contributed by atoms with Crippen molar-refractivity contribution in [2.45, 2.75) is 33.2 Å². The highest BCUT2D eigenvalue weighted by atomic mass is 19.1. The van der Waals surface area contributed by atoms with Gasteiger partial charge in [0.05, 0.1) is 0 Å². The molecule has 1 unspecified atom stereocenters. The lowest BCUT2D eigenvalue weighted by atomic mass is 10.0. The predicted octanol–water partition coefficient (Wildman–Crippen LogP) is 3.45. The molecule has 0 spiro atoms. The number of halogens is 1. The van der Waals surface area contributed by atoms with Crippen LogP contribution in [0.2, 0.25) is 0 Å². The lowest BCUT2D eigenvalue weighted by Gasteiger charge is -2.25. The van der Waals surface area contributed by atoms with Gasteiger partial charge in [-0.05, 0) is 50.2 Å². The second-order valence-corrected chi connectivity index (χ2v) is 5.47. The SMILES string of the molecule is CCN(CCC(NC)c1ccc(F)cc1)CC(C)C. The Morgan fingerprint density at radius 2 is 1.84 bits per heavy atom. The van der Waals surface area contributed by atoms with Gasteiger partial charge in [-0.15, -0.1) is 0 Å². The van der Waals surface area contributed by atoms with Crippen LogP contribution in [0.1, 0.15) is 38.8 Å². The quantitative estimate of drug-likeness (QED) is 0.775. The Bertz CT molecular complexity index is 348.